The molecule has 0 aliphatic carbocycles. The standard InChI is InChI=1S/C20H40N4O3/c1-6-21-19(22-9-7-10-26-18-8-11-25-14-18)23-15-20(4,5)24-12-16(2)27-17(3)13-24/h16-18H,6-15H2,1-5H3,(H2,21,22,23). The lowest BCUT2D eigenvalue weighted by Crippen LogP contribution is -2.56. The monoisotopic (exact) mass is 384 g/mol. The summed E-state index contributed by atoms with van der Waals surface area (Å²) in [5.41, 5.74) is 0.000234. The van der Waals surface area contributed by atoms with E-state index in [1.165, 1.54) is 0 Å². The molecule has 3 atom stereocenters. The summed E-state index contributed by atoms with van der Waals surface area (Å²) >= 11 is 0. The summed E-state index contributed by atoms with van der Waals surface area (Å²) in [7, 11) is 0. The van der Waals surface area contributed by atoms with Gasteiger partial charge in [-0.3, -0.25) is 9.89 Å². The maximum absolute atomic E-state index is 5.87. The first-order valence-electron chi connectivity index (χ1n) is 10.5. The summed E-state index contributed by atoms with van der Waals surface area (Å²) in [4.78, 5) is 7.33. The van der Waals surface area contributed by atoms with Crippen LogP contribution in [0.4, 0.5) is 0 Å². The third-order valence-electron chi connectivity index (χ3n) is 5.10. The lowest BCUT2D eigenvalue weighted by molar-refractivity contribution is -0.0939. The summed E-state index contributed by atoms with van der Waals surface area (Å²) in [6.07, 6.45) is 2.81. The second-order valence-corrected chi connectivity index (χ2v) is 8.31. The molecule has 2 saturated heterocycles. The van der Waals surface area contributed by atoms with Gasteiger partial charge in [0.05, 0.1) is 31.5 Å². The number of guanidine groups is 1. The van der Waals surface area contributed by atoms with E-state index in [1.54, 1.807) is 0 Å². The van der Waals surface area contributed by atoms with E-state index in [2.05, 4.69) is 50.2 Å². The lowest BCUT2D eigenvalue weighted by Gasteiger charge is -2.44. The molecule has 3 unspecified atom stereocenters. The largest absolute Gasteiger partial charge is 0.379 e. The fraction of sp³-hybridized carbons (Fsp3) is 0.950. The maximum atomic E-state index is 5.87. The first-order valence-corrected chi connectivity index (χ1v) is 10.5. The molecular formula is C20H40N4O3. The zero-order chi connectivity index (χ0) is 19.7. The van der Waals surface area contributed by atoms with Gasteiger partial charge in [-0.15, -0.1) is 0 Å². The summed E-state index contributed by atoms with van der Waals surface area (Å²) in [6, 6.07) is 0. The van der Waals surface area contributed by atoms with Gasteiger partial charge in [0.1, 0.15) is 0 Å². The second kappa shape index (κ2) is 11.2. The maximum Gasteiger partial charge on any atom is 0.191 e. The van der Waals surface area contributed by atoms with E-state index in [0.717, 1.165) is 71.3 Å². The lowest BCUT2D eigenvalue weighted by atomic mass is 10.0. The Balaban J connectivity index is 1.75. The molecule has 2 heterocycles. The van der Waals surface area contributed by atoms with Crippen molar-refractivity contribution in [2.75, 3.05) is 52.5 Å². The van der Waals surface area contributed by atoms with Gasteiger partial charge >= 0.3 is 0 Å². The van der Waals surface area contributed by atoms with E-state index >= 15 is 0 Å². The zero-order valence-electron chi connectivity index (χ0n) is 17.9. The van der Waals surface area contributed by atoms with E-state index in [-0.39, 0.29) is 23.9 Å². The van der Waals surface area contributed by atoms with Gasteiger partial charge in [-0.2, -0.15) is 0 Å². The van der Waals surface area contributed by atoms with Crippen molar-refractivity contribution in [3.05, 3.63) is 0 Å². The molecule has 0 radical (unpaired) electrons. The van der Waals surface area contributed by atoms with Crippen LogP contribution in [0.2, 0.25) is 0 Å². The van der Waals surface area contributed by atoms with Crippen molar-refractivity contribution >= 4 is 5.96 Å². The molecule has 0 bridgehead atoms. The van der Waals surface area contributed by atoms with Crippen molar-refractivity contribution < 1.29 is 14.2 Å². The highest BCUT2D eigenvalue weighted by molar-refractivity contribution is 5.79. The fourth-order valence-corrected chi connectivity index (χ4v) is 3.56. The van der Waals surface area contributed by atoms with Crippen LogP contribution in [0.25, 0.3) is 0 Å². The number of hydrogen-bond acceptors (Lipinski definition) is 5. The van der Waals surface area contributed by atoms with Crippen LogP contribution in [-0.2, 0) is 14.2 Å². The Labute approximate surface area is 165 Å². The average molecular weight is 385 g/mol. The fourth-order valence-electron chi connectivity index (χ4n) is 3.56. The molecule has 2 rings (SSSR count). The molecule has 0 amide bonds. The van der Waals surface area contributed by atoms with Crippen LogP contribution in [0.1, 0.15) is 47.5 Å². The van der Waals surface area contributed by atoms with Gasteiger partial charge in [0, 0.05) is 44.9 Å². The van der Waals surface area contributed by atoms with Gasteiger partial charge in [-0.05, 0) is 47.5 Å². The zero-order valence-corrected chi connectivity index (χ0v) is 17.9. The summed E-state index contributed by atoms with van der Waals surface area (Å²) in [6.45, 7) is 17.6. The van der Waals surface area contributed by atoms with Gasteiger partial charge in [0.2, 0.25) is 0 Å². The number of nitrogens with one attached hydrogen (secondary N) is 2. The van der Waals surface area contributed by atoms with Crippen molar-refractivity contribution in [2.45, 2.75) is 71.3 Å². The number of nitrogens with zero attached hydrogens (tertiary/aromatic N) is 2. The van der Waals surface area contributed by atoms with E-state index < -0.39 is 0 Å². The molecule has 0 saturated carbocycles. The normalized spacial score (nSPS) is 27.7. The Hall–Kier alpha value is -0.890. The minimum atomic E-state index is 0.000234. The number of ether oxygens (including phenoxy) is 3. The molecule has 2 aliphatic rings. The van der Waals surface area contributed by atoms with Crippen molar-refractivity contribution in [1.29, 1.82) is 0 Å². The molecule has 158 valence electrons. The molecular weight excluding hydrogens is 344 g/mol. The van der Waals surface area contributed by atoms with E-state index in [9.17, 15) is 0 Å². The van der Waals surface area contributed by atoms with Crippen LogP contribution in [0.5, 0.6) is 0 Å². The van der Waals surface area contributed by atoms with Crippen LogP contribution in [0, 0.1) is 0 Å². The Morgan fingerprint density at radius 3 is 2.59 bits per heavy atom. The molecule has 7 heteroatoms. The minimum Gasteiger partial charge on any atom is -0.379 e. The quantitative estimate of drug-likeness (QED) is 0.358. The first kappa shape index (κ1) is 22.4. The molecule has 0 spiro atoms. The number of morpholine rings is 1. The van der Waals surface area contributed by atoms with Crippen LogP contribution < -0.4 is 10.6 Å². The van der Waals surface area contributed by atoms with E-state index in [4.69, 9.17) is 19.2 Å². The van der Waals surface area contributed by atoms with Gasteiger partial charge in [-0.25, -0.2) is 0 Å². The molecule has 0 aromatic carbocycles. The van der Waals surface area contributed by atoms with Gasteiger partial charge in [0.15, 0.2) is 5.96 Å². The number of hydrogen-bond donors (Lipinski definition) is 2. The molecule has 0 aromatic rings. The number of rotatable bonds is 9. The first-order chi connectivity index (χ1) is 12.9. The molecule has 0 aromatic heterocycles. The molecule has 2 fully saturated rings. The summed E-state index contributed by atoms with van der Waals surface area (Å²) in [5.74, 6) is 0.879. The van der Waals surface area contributed by atoms with Crippen molar-refractivity contribution in [3.8, 4) is 0 Å². The van der Waals surface area contributed by atoms with Crippen LogP contribution >= 0.6 is 0 Å². The van der Waals surface area contributed by atoms with Crippen LogP contribution in [0.15, 0.2) is 4.99 Å². The van der Waals surface area contributed by atoms with Gasteiger partial charge in [-0.1, -0.05) is 0 Å². The SMILES string of the molecule is CCNC(=NCC(C)(C)N1CC(C)OC(C)C1)NCCCOC1CCOC1. The summed E-state index contributed by atoms with van der Waals surface area (Å²) < 4.78 is 17.0. The van der Waals surface area contributed by atoms with Crippen molar-refractivity contribution in [1.82, 2.24) is 15.5 Å². The Morgan fingerprint density at radius 2 is 1.96 bits per heavy atom. The van der Waals surface area contributed by atoms with Crippen LogP contribution in [-0.4, -0.2) is 87.3 Å². The van der Waals surface area contributed by atoms with Gasteiger partial charge < -0.3 is 24.8 Å². The Kier molecular flexibility index (Phi) is 9.29. The second-order valence-electron chi connectivity index (χ2n) is 8.31. The minimum absolute atomic E-state index is 0.000234. The third kappa shape index (κ3) is 7.94. The van der Waals surface area contributed by atoms with Gasteiger partial charge in [0.25, 0.3) is 0 Å². The summed E-state index contributed by atoms with van der Waals surface area (Å²) in [5, 5.41) is 6.77. The molecule has 7 nitrogen and oxygen atoms in total. The Bertz CT molecular complexity index is 443. The third-order valence-corrected chi connectivity index (χ3v) is 5.10. The average Bonchev–Trinajstić information content (AvgIpc) is 3.12. The smallest absolute Gasteiger partial charge is 0.191 e. The predicted octanol–water partition coefficient (Wildman–Crippen LogP) is 1.62. The van der Waals surface area contributed by atoms with E-state index in [0.29, 0.717) is 0 Å². The van der Waals surface area contributed by atoms with Crippen molar-refractivity contribution in [2.24, 2.45) is 4.99 Å². The highest BCUT2D eigenvalue weighted by Gasteiger charge is 2.33. The van der Waals surface area contributed by atoms with Crippen molar-refractivity contribution in [3.63, 3.8) is 0 Å². The number of aliphatic imine (C=N–C) groups is 1. The highest BCUT2D eigenvalue weighted by Crippen LogP contribution is 2.21. The van der Waals surface area contributed by atoms with Crippen LogP contribution in [0.3, 0.4) is 0 Å². The molecule has 27 heavy (non-hydrogen) atoms. The topological polar surface area (TPSA) is 67.4 Å². The molecule has 2 aliphatic heterocycles. The Morgan fingerprint density at radius 1 is 1.22 bits per heavy atom. The predicted molar refractivity (Wildman–Crippen MR) is 109 cm³/mol. The highest BCUT2D eigenvalue weighted by atomic mass is 16.5. The molecule has 2 N–H and O–H groups in total. The van der Waals surface area contributed by atoms with E-state index in [1.807, 2.05) is 0 Å².